The normalized spacial score (nSPS) is 24.8. The van der Waals surface area contributed by atoms with Gasteiger partial charge in [0.1, 0.15) is 5.76 Å². The molecule has 2 unspecified atom stereocenters. The maximum Gasteiger partial charge on any atom is 0.222 e. The highest BCUT2D eigenvalue weighted by Crippen LogP contribution is 2.27. The van der Waals surface area contributed by atoms with E-state index >= 15 is 0 Å². The Labute approximate surface area is 157 Å². The van der Waals surface area contributed by atoms with E-state index in [9.17, 15) is 4.79 Å². The van der Waals surface area contributed by atoms with Crippen molar-refractivity contribution in [2.24, 2.45) is 11.8 Å². The largest absolute Gasteiger partial charge is 0.361 e. The molecule has 2 atom stereocenters. The molecular formula is C20H34N4O2. The number of aryl methyl sites for hydroxylation is 1. The van der Waals surface area contributed by atoms with Gasteiger partial charge in [-0.2, -0.15) is 0 Å². The zero-order chi connectivity index (χ0) is 18.4. The molecule has 0 spiro atoms. The molecule has 1 amide bonds. The molecule has 2 aliphatic heterocycles. The quantitative estimate of drug-likeness (QED) is 0.803. The monoisotopic (exact) mass is 362 g/mol. The minimum absolute atomic E-state index is 0.332. The first kappa shape index (κ1) is 19.4. The fourth-order valence-corrected chi connectivity index (χ4v) is 4.08. The van der Waals surface area contributed by atoms with Gasteiger partial charge in [0, 0.05) is 45.1 Å². The molecule has 2 saturated heterocycles. The lowest BCUT2D eigenvalue weighted by Crippen LogP contribution is -2.48. The summed E-state index contributed by atoms with van der Waals surface area (Å²) in [6, 6.07) is 2.11. The molecule has 146 valence electrons. The number of aromatic nitrogens is 1. The molecule has 6 heteroatoms. The summed E-state index contributed by atoms with van der Waals surface area (Å²) in [6.07, 6.45) is 5.93. The van der Waals surface area contributed by atoms with Crippen LogP contribution < -0.4 is 5.32 Å². The number of carbonyl (C=O) groups is 1. The number of likely N-dealkylation sites (N-methyl/N-ethyl adjacent to an activating group) is 1. The predicted molar refractivity (Wildman–Crippen MR) is 102 cm³/mol. The van der Waals surface area contributed by atoms with Gasteiger partial charge in [-0.15, -0.1) is 0 Å². The first-order valence-corrected chi connectivity index (χ1v) is 10.3. The van der Waals surface area contributed by atoms with E-state index in [1.807, 2.05) is 0 Å². The van der Waals surface area contributed by atoms with Gasteiger partial charge in [-0.25, -0.2) is 0 Å². The Morgan fingerprint density at radius 3 is 2.88 bits per heavy atom. The summed E-state index contributed by atoms with van der Waals surface area (Å²) in [5.74, 6) is 2.23. The van der Waals surface area contributed by atoms with Crippen molar-refractivity contribution in [1.82, 2.24) is 20.3 Å². The summed E-state index contributed by atoms with van der Waals surface area (Å²) in [6.45, 7) is 7.88. The molecule has 3 rings (SSSR count). The van der Waals surface area contributed by atoms with Crippen LogP contribution in [0.4, 0.5) is 0 Å². The summed E-state index contributed by atoms with van der Waals surface area (Å²) in [5.41, 5.74) is 1.04. The van der Waals surface area contributed by atoms with E-state index in [-0.39, 0.29) is 0 Å². The van der Waals surface area contributed by atoms with Crippen LogP contribution in [0, 0.1) is 11.8 Å². The molecule has 6 nitrogen and oxygen atoms in total. The summed E-state index contributed by atoms with van der Waals surface area (Å²) >= 11 is 0. The van der Waals surface area contributed by atoms with Gasteiger partial charge in [0.25, 0.3) is 0 Å². The Balaban J connectivity index is 1.54. The number of hydrogen-bond acceptors (Lipinski definition) is 5. The number of rotatable bonds is 7. The maximum absolute atomic E-state index is 12.7. The number of amides is 1. The molecule has 26 heavy (non-hydrogen) atoms. The highest BCUT2D eigenvalue weighted by Gasteiger charge is 2.30. The lowest BCUT2D eigenvalue weighted by Gasteiger charge is -2.36. The summed E-state index contributed by atoms with van der Waals surface area (Å²) < 4.78 is 5.48. The second-order valence-electron chi connectivity index (χ2n) is 7.99. The van der Waals surface area contributed by atoms with Crippen molar-refractivity contribution in [2.75, 3.05) is 46.3 Å². The predicted octanol–water partition coefficient (Wildman–Crippen LogP) is 1.95. The topological polar surface area (TPSA) is 61.6 Å². The minimum Gasteiger partial charge on any atom is -0.361 e. The van der Waals surface area contributed by atoms with E-state index in [0.717, 1.165) is 76.4 Å². The standard InChI is InChI=1S/C20H34N4O2/c1-3-4-5-19-14-18(22-26-19)12-17-15-21-7-6-16(17)13-20(25)24-10-8-23(2)9-11-24/h14,16-17,21H,3-13,15H2,1-2H3. The second-order valence-corrected chi connectivity index (χ2v) is 7.99. The second kappa shape index (κ2) is 9.51. The van der Waals surface area contributed by atoms with Gasteiger partial charge in [0.2, 0.25) is 5.91 Å². The Hall–Kier alpha value is -1.40. The van der Waals surface area contributed by atoms with E-state index < -0.39 is 0 Å². The van der Waals surface area contributed by atoms with Crippen LogP contribution in [0.3, 0.4) is 0 Å². The van der Waals surface area contributed by atoms with E-state index in [1.165, 1.54) is 6.42 Å². The van der Waals surface area contributed by atoms with E-state index in [4.69, 9.17) is 4.52 Å². The van der Waals surface area contributed by atoms with Crippen LogP contribution in [0.1, 0.15) is 44.1 Å². The average Bonchev–Trinajstić information content (AvgIpc) is 3.09. The van der Waals surface area contributed by atoms with Crippen molar-refractivity contribution in [3.63, 3.8) is 0 Å². The lowest BCUT2D eigenvalue weighted by molar-refractivity contribution is -0.134. The molecule has 2 fully saturated rings. The molecule has 1 aromatic rings. The summed E-state index contributed by atoms with van der Waals surface area (Å²) in [7, 11) is 2.12. The number of piperidine rings is 1. The van der Waals surface area contributed by atoms with Crippen molar-refractivity contribution in [3.05, 3.63) is 17.5 Å². The zero-order valence-electron chi connectivity index (χ0n) is 16.4. The molecule has 0 saturated carbocycles. The molecule has 0 aromatic carbocycles. The van der Waals surface area contributed by atoms with Crippen molar-refractivity contribution in [3.8, 4) is 0 Å². The van der Waals surface area contributed by atoms with Gasteiger partial charge >= 0.3 is 0 Å². The van der Waals surface area contributed by atoms with E-state index in [0.29, 0.717) is 24.2 Å². The van der Waals surface area contributed by atoms with Gasteiger partial charge in [-0.1, -0.05) is 18.5 Å². The third-order valence-corrected chi connectivity index (χ3v) is 5.91. The Kier molecular flexibility index (Phi) is 7.08. The third-order valence-electron chi connectivity index (χ3n) is 5.91. The zero-order valence-corrected chi connectivity index (χ0v) is 16.4. The van der Waals surface area contributed by atoms with Gasteiger partial charge in [0.15, 0.2) is 0 Å². The van der Waals surface area contributed by atoms with Crippen molar-refractivity contribution in [1.29, 1.82) is 0 Å². The Morgan fingerprint density at radius 2 is 2.12 bits per heavy atom. The number of piperazine rings is 1. The molecule has 0 bridgehead atoms. The van der Waals surface area contributed by atoms with Crippen LogP contribution in [0.5, 0.6) is 0 Å². The lowest BCUT2D eigenvalue weighted by atomic mass is 9.81. The highest BCUT2D eigenvalue weighted by molar-refractivity contribution is 5.76. The van der Waals surface area contributed by atoms with E-state index in [1.54, 1.807) is 0 Å². The summed E-state index contributed by atoms with van der Waals surface area (Å²) in [5, 5.41) is 7.77. The van der Waals surface area contributed by atoms with Gasteiger partial charge in [-0.05, 0) is 51.2 Å². The van der Waals surface area contributed by atoms with Crippen LogP contribution in [-0.2, 0) is 17.6 Å². The molecule has 3 heterocycles. The Bertz CT molecular complexity index is 566. The smallest absolute Gasteiger partial charge is 0.222 e. The fraction of sp³-hybridized carbons (Fsp3) is 0.800. The van der Waals surface area contributed by atoms with Crippen LogP contribution in [-0.4, -0.2) is 67.2 Å². The average molecular weight is 363 g/mol. The highest BCUT2D eigenvalue weighted by atomic mass is 16.5. The molecule has 2 aliphatic rings. The molecule has 1 N–H and O–H groups in total. The number of unbranched alkanes of at least 4 members (excludes halogenated alkanes) is 1. The van der Waals surface area contributed by atoms with Gasteiger partial charge in [0.05, 0.1) is 5.69 Å². The molecule has 0 aliphatic carbocycles. The van der Waals surface area contributed by atoms with E-state index in [2.05, 4.69) is 40.3 Å². The van der Waals surface area contributed by atoms with Crippen LogP contribution in [0.15, 0.2) is 10.6 Å². The van der Waals surface area contributed by atoms with Crippen LogP contribution in [0.25, 0.3) is 0 Å². The number of carbonyl (C=O) groups excluding carboxylic acids is 1. The van der Waals surface area contributed by atoms with Gasteiger partial charge in [-0.3, -0.25) is 4.79 Å². The van der Waals surface area contributed by atoms with Crippen LogP contribution >= 0.6 is 0 Å². The first-order valence-electron chi connectivity index (χ1n) is 10.3. The number of hydrogen-bond donors (Lipinski definition) is 1. The third kappa shape index (κ3) is 5.30. The molecule has 0 radical (unpaired) electrons. The minimum atomic E-state index is 0.332. The molecule has 1 aromatic heterocycles. The number of nitrogens with zero attached hydrogens (tertiary/aromatic N) is 3. The molecular weight excluding hydrogens is 328 g/mol. The SMILES string of the molecule is CCCCc1cc(CC2CNCCC2CC(=O)N2CCN(C)CC2)no1. The summed E-state index contributed by atoms with van der Waals surface area (Å²) in [4.78, 5) is 17.1. The maximum atomic E-state index is 12.7. The van der Waals surface area contributed by atoms with Crippen molar-refractivity contribution in [2.45, 2.75) is 45.4 Å². The fourth-order valence-electron chi connectivity index (χ4n) is 4.08. The Morgan fingerprint density at radius 1 is 1.31 bits per heavy atom. The van der Waals surface area contributed by atoms with Gasteiger partial charge < -0.3 is 19.6 Å². The van der Waals surface area contributed by atoms with Crippen LogP contribution in [0.2, 0.25) is 0 Å². The van der Waals surface area contributed by atoms with Crippen molar-refractivity contribution < 1.29 is 9.32 Å². The number of nitrogens with one attached hydrogen (secondary N) is 1. The first-order chi connectivity index (χ1) is 12.7. The van der Waals surface area contributed by atoms with Crippen molar-refractivity contribution >= 4 is 5.91 Å².